The highest BCUT2D eigenvalue weighted by Gasteiger charge is 2.24. The number of carbonyl (C=O) groups excluding carboxylic acids is 2. The van der Waals surface area contributed by atoms with Crippen LogP contribution in [-0.4, -0.2) is 29.1 Å². The van der Waals surface area contributed by atoms with E-state index in [0.29, 0.717) is 17.9 Å². The first-order valence-electron chi connectivity index (χ1n) is 6.72. The molecule has 0 fully saturated rings. The number of esters is 2. The third kappa shape index (κ3) is 4.66. The van der Waals surface area contributed by atoms with E-state index >= 15 is 0 Å². The van der Waals surface area contributed by atoms with E-state index in [0.717, 1.165) is 0 Å². The molecule has 0 aromatic carbocycles. The van der Waals surface area contributed by atoms with E-state index in [-0.39, 0.29) is 11.4 Å². The molecule has 0 amide bonds. The second-order valence-corrected chi connectivity index (χ2v) is 5.54. The summed E-state index contributed by atoms with van der Waals surface area (Å²) in [4.78, 5) is 26.3. The van der Waals surface area contributed by atoms with Gasteiger partial charge in [-0.3, -0.25) is 0 Å². The Morgan fingerprint density at radius 3 is 2.48 bits per heavy atom. The zero-order valence-electron chi connectivity index (χ0n) is 13.1. The number of rotatable bonds is 4. The molecule has 1 aromatic heterocycles. The van der Waals surface area contributed by atoms with E-state index in [2.05, 4.69) is 4.98 Å². The minimum atomic E-state index is -0.603. The van der Waals surface area contributed by atoms with E-state index in [9.17, 15) is 9.59 Å². The molecule has 6 nitrogen and oxygen atoms in total. The molecule has 0 unspecified atom stereocenters. The van der Waals surface area contributed by atoms with Gasteiger partial charge >= 0.3 is 11.9 Å². The maximum atomic E-state index is 12.1. The number of anilines is 1. The summed E-state index contributed by atoms with van der Waals surface area (Å²) in [6.45, 7) is 9.11. The first kappa shape index (κ1) is 16.8. The van der Waals surface area contributed by atoms with Crippen LogP contribution in [0.25, 0.3) is 6.08 Å². The van der Waals surface area contributed by atoms with Gasteiger partial charge < -0.3 is 20.2 Å². The summed E-state index contributed by atoms with van der Waals surface area (Å²) in [6, 6.07) is 0. The molecule has 0 saturated heterocycles. The largest absolute Gasteiger partial charge is 0.463 e. The Hall–Kier alpha value is -2.24. The smallest absolute Gasteiger partial charge is 0.342 e. The highest BCUT2D eigenvalue weighted by atomic mass is 16.6. The standard InChI is InChI=1S/C15H22N2O4/c1-6-20-11(18)8-7-10-9(2)12(13(16)17-10)14(19)21-15(3,4)5/h7-8,17H,6,16H2,1-5H3/b8-7+. The molecule has 0 aliphatic carbocycles. The van der Waals surface area contributed by atoms with Crippen LogP contribution >= 0.6 is 0 Å². The number of nitrogens with two attached hydrogens (primary N) is 1. The van der Waals surface area contributed by atoms with Crippen molar-refractivity contribution in [1.29, 1.82) is 0 Å². The Kier molecular flexibility index (Phi) is 5.18. The zero-order chi connectivity index (χ0) is 16.2. The van der Waals surface area contributed by atoms with E-state index < -0.39 is 17.5 Å². The molecule has 116 valence electrons. The fourth-order valence-electron chi connectivity index (χ4n) is 1.74. The number of H-pyrrole nitrogens is 1. The minimum Gasteiger partial charge on any atom is -0.463 e. The van der Waals surface area contributed by atoms with Gasteiger partial charge in [0.2, 0.25) is 0 Å². The van der Waals surface area contributed by atoms with Gasteiger partial charge in [0.05, 0.1) is 6.61 Å². The number of hydrogen-bond acceptors (Lipinski definition) is 5. The van der Waals surface area contributed by atoms with Gasteiger partial charge in [0.1, 0.15) is 17.0 Å². The maximum Gasteiger partial charge on any atom is 0.342 e. The number of carbonyl (C=O) groups is 2. The van der Waals surface area contributed by atoms with Crippen LogP contribution in [-0.2, 0) is 14.3 Å². The molecule has 6 heteroatoms. The van der Waals surface area contributed by atoms with Gasteiger partial charge in [-0.25, -0.2) is 9.59 Å². The fourth-order valence-corrected chi connectivity index (χ4v) is 1.74. The van der Waals surface area contributed by atoms with Crippen LogP contribution in [0, 0.1) is 6.92 Å². The van der Waals surface area contributed by atoms with Crippen LogP contribution in [0.4, 0.5) is 5.82 Å². The molecule has 0 aliphatic rings. The fraction of sp³-hybridized carbons (Fsp3) is 0.467. The Morgan fingerprint density at radius 1 is 1.33 bits per heavy atom. The summed E-state index contributed by atoms with van der Waals surface area (Å²) in [5.74, 6) is -0.737. The molecule has 0 spiro atoms. The predicted octanol–water partition coefficient (Wildman–Crippen LogP) is 2.44. The van der Waals surface area contributed by atoms with Crippen molar-refractivity contribution in [2.45, 2.75) is 40.2 Å². The molecule has 1 rings (SSSR count). The number of nitrogens with one attached hydrogen (secondary N) is 1. The Morgan fingerprint density at radius 2 is 1.95 bits per heavy atom. The van der Waals surface area contributed by atoms with Gasteiger partial charge in [-0.2, -0.15) is 0 Å². The van der Waals surface area contributed by atoms with Gasteiger partial charge in [0, 0.05) is 11.8 Å². The third-order valence-corrected chi connectivity index (χ3v) is 2.59. The van der Waals surface area contributed by atoms with Crippen LogP contribution in [0.1, 0.15) is 49.3 Å². The molecular formula is C15H22N2O4. The Labute approximate surface area is 124 Å². The SMILES string of the molecule is CCOC(=O)/C=C/c1[nH]c(N)c(C(=O)OC(C)(C)C)c1C. The molecule has 0 radical (unpaired) electrons. The lowest BCUT2D eigenvalue weighted by Crippen LogP contribution is -2.24. The lowest BCUT2D eigenvalue weighted by molar-refractivity contribution is -0.137. The Bertz CT molecular complexity index is 565. The second-order valence-electron chi connectivity index (χ2n) is 5.54. The van der Waals surface area contributed by atoms with Gasteiger partial charge in [-0.05, 0) is 46.3 Å². The van der Waals surface area contributed by atoms with Crippen molar-refractivity contribution in [1.82, 2.24) is 4.98 Å². The molecule has 0 atom stereocenters. The number of hydrogen-bond donors (Lipinski definition) is 2. The first-order valence-corrected chi connectivity index (χ1v) is 6.72. The zero-order valence-corrected chi connectivity index (χ0v) is 13.1. The van der Waals surface area contributed by atoms with Crippen LogP contribution in [0.2, 0.25) is 0 Å². The maximum absolute atomic E-state index is 12.1. The predicted molar refractivity (Wildman–Crippen MR) is 80.8 cm³/mol. The summed E-state index contributed by atoms with van der Waals surface area (Å²) in [6.07, 6.45) is 2.80. The molecule has 0 bridgehead atoms. The van der Waals surface area contributed by atoms with Crippen molar-refractivity contribution >= 4 is 23.8 Å². The summed E-state index contributed by atoms with van der Waals surface area (Å²) >= 11 is 0. The average Bonchev–Trinajstić information content (AvgIpc) is 2.60. The number of aromatic amines is 1. The molecule has 21 heavy (non-hydrogen) atoms. The summed E-state index contributed by atoms with van der Waals surface area (Å²) < 4.78 is 10.1. The minimum absolute atomic E-state index is 0.213. The molecular weight excluding hydrogens is 272 g/mol. The van der Waals surface area contributed by atoms with Crippen molar-refractivity contribution in [2.75, 3.05) is 12.3 Å². The summed E-state index contributed by atoms with van der Waals surface area (Å²) in [5.41, 5.74) is 6.70. The molecule has 0 aliphatic heterocycles. The van der Waals surface area contributed by atoms with Crippen molar-refractivity contribution in [3.63, 3.8) is 0 Å². The second kappa shape index (κ2) is 6.47. The average molecular weight is 294 g/mol. The van der Waals surface area contributed by atoms with Gasteiger partial charge in [0.15, 0.2) is 0 Å². The first-order chi connectivity index (χ1) is 9.65. The number of ether oxygens (including phenoxy) is 2. The normalized spacial score (nSPS) is 11.7. The van der Waals surface area contributed by atoms with Crippen LogP contribution in [0.5, 0.6) is 0 Å². The highest BCUT2D eigenvalue weighted by Crippen LogP contribution is 2.24. The van der Waals surface area contributed by atoms with Crippen molar-refractivity contribution in [2.24, 2.45) is 0 Å². The molecule has 3 N–H and O–H groups in total. The Balaban J connectivity index is 3.00. The quantitative estimate of drug-likeness (QED) is 0.657. The molecule has 1 aromatic rings. The van der Waals surface area contributed by atoms with Crippen molar-refractivity contribution < 1.29 is 19.1 Å². The van der Waals surface area contributed by atoms with Crippen molar-refractivity contribution in [3.05, 3.63) is 22.9 Å². The van der Waals surface area contributed by atoms with Crippen LogP contribution in [0.15, 0.2) is 6.08 Å². The lowest BCUT2D eigenvalue weighted by Gasteiger charge is -2.19. The topological polar surface area (TPSA) is 94.4 Å². The number of aromatic nitrogens is 1. The summed E-state index contributed by atoms with van der Waals surface area (Å²) in [5, 5.41) is 0. The molecule has 1 heterocycles. The third-order valence-electron chi connectivity index (χ3n) is 2.59. The van der Waals surface area contributed by atoms with Crippen molar-refractivity contribution in [3.8, 4) is 0 Å². The monoisotopic (exact) mass is 294 g/mol. The van der Waals surface area contributed by atoms with Crippen LogP contribution < -0.4 is 5.73 Å². The van der Waals surface area contributed by atoms with Gasteiger partial charge in [0.25, 0.3) is 0 Å². The highest BCUT2D eigenvalue weighted by molar-refractivity contribution is 5.98. The number of nitrogen functional groups attached to an aromatic ring is 1. The molecule has 0 saturated carbocycles. The lowest BCUT2D eigenvalue weighted by atomic mass is 10.1. The van der Waals surface area contributed by atoms with Gasteiger partial charge in [-0.15, -0.1) is 0 Å². The van der Waals surface area contributed by atoms with Crippen LogP contribution in [0.3, 0.4) is 0 Å². The van der Waals surface area contributed by atoms with Gasteiger partial charge in [-0.1, -0.05) is 0 Å². The summed E-state index contributed by atoms with van der Waals surface area (Å²) in [7, 11) is 0. The van der Waals surface area contributed by atoms with E-state index in [1.54, 1.807) is 34.6 Å². The van der Waals surface area contributed by atoms with E-state index in [4.69, 9.17) is 15.2 Å². The van der Waals surface area contributed by atoms with E-state index in [1.807, 2.05) is 0 Å². The van der Waals surface area contributed by atoms with E-state index in [1.165, 1.54) is 12.2 Å².